The van der Waals surface area contributed by atoms with E-state index in [-0.39, 0.29) is 5.76 Å². The maximum atomic E-state index is 11.3. The van der Waals surface area contributed by atoms with E-state index in [0.717, 1.165) is 10.0 Å². The van der Waals surface area contributed by atoms with Crippen LogP contribution in [-0.4, -0.2) is 28.3 Å². The molecule has 23 heavy (non-hydrogen) atoms. The number of methoxy groups -OCH3 is 1. The highest BCUT2D eigenvalue weighted by Gasteiger charge is 2.13. The van der Waals surface area contributed by atoms with E-state index >= 15 is 0 Å². The lowest BCUT2D eigenvalue weighted by Crippen LogP contribution is -1.98. The van der Waals surface area contributed by atoms with Crippen molar-refractivity contribution in [2.24, 2.45) is 0 Å². The summed E-state index contributed by atoms with van der Waals surface area (Å²) in [7, 11) is 1.32. The summed E-state index contributed by atoms with van der Waals surface area (Å²) in [5, 5.41) is 7.70. The number of hydrogen-bond donors (Lipinski definition) is 1. The number of H-pyrrole nitrogens is 1. The van der Waals surface area contributed by atoms with E-state index in [0.29, 0.717) is 22.5 Å². The summed E-state index contributed by atoms with van der Waals surface area (Å²) in [6, 6.07) is 11.1. The molecule has 0 fully saturated rings. The van der Waals surface area contributed by atoms with Gasteiger partial charge in [-0.15, -0.1) is 5.10 Å². The van der Waals surface area contributed by atoms with Crippen LogP contribution in [0.15, 0.2) is 50.4 Å². The van der Waals surface area contributed by atoms with Crippen LogP contribution in [0.3, 0.4) is 0 Å². The fourth-order valence-electron chi connectivity index (χ4n) is 1.89. The number of furan rings is 1. The summed E-state index contributed by atoms with van der Waals surface area (Å²) >= 11 is 4.90. The molecule has 0 unspecified atom stereocenters. The Hall–Kier alpha value is -2.06. The van der Waals surface area contributed by atoms with Gasteiger partial charge >= 0.3 is 5.97 Å². The minimum Gasteiger partial charge on any atom is -0.463 e. The normalized spacial score (nSPS) is 10.7. The lowest BCUT2D eigenvalue weighted by molar-refractivity contribution is 0.0563. The zero-order valence-electron chi connectivity index (χ0n) is 12.1. The molecule has 0 spiro atoms. The van der Waals surface area contributed by atoms with Gasteiger partial charge in [0.25, 0.3) is 0 Å². The number of halogens is 1. The number of rotatable bonds is 5. The monoisotopic (exact) mass is 393 g/mol. The molecule has 0 bridgehead atoms. The van der Waals surface area contributed by atoms with Crippen molar-refractivity contribution in [3.63, 3.8) is 0 Å². The molecule has 0 saturated heterocycles. The van der Waals surface area contributed by atoms with Gasteiger partial charge in [-0.1, -0.05) is 45.9 Å². The van der Waals surface area contributed by atoms with Gasteiger partial charge in [-0.2, -0.15) is 0 Å². The molecular formula is C15H12BrN3O3S. The Bertz CT molecular complexity index is 831. The Morgan fingerprint density at radius 1 is 1.35 bits per heavy atom. The average Bonchev–Trinajstić information content (AvgIpc) is 3.22. The van der Waals surface area contributed by atoms with Crippen LogP contribution in [0.5, 0.6) is 0 Å². The van der Waals surface area contributed by atoms with Gasteiger partial charge in [-0.25, -0.2) is 9.78 Å². The predicted molar refractivity (Wildman–Crippen MR) is 89.1 cm³/mol. The van der Waals surface area contributed by atoms with Crippen molar-refractivity contribution in [3.05, 3.63) is 52.4 Å². The highest BCUT2D eigenvalue weighted by molar-refractivity contribution is 9.10. The van der Waals surface area contributed by atoms with Crippen LogP contribution in [0.25, 0.3) is 11.4 Å². The minimum atomic E-state index is -0.490. The number of thioether (sulfide) groups is 1. The minimum absolute atomic E-state index is 0.187. The standard InChI is InChI=1S/C15H12BrN3O3S/c1-21-14(20)12-7-6-9(22-12)8-23-15-17-13(18-19-15)10-4-2-3-5-11(10)16/h2-7H,8H2,1H3,(H,17,18,19). The van der Waals surface area contributed by atoms with Gasteiger partial charge in [0.2, 0.25) is 10.9 Å². The lowest BCUT2D eigenvalue weighted by atomic mass is 10.2. The van der Waals surface area contributed by atoms with Crippen LogP contribution in [0.2, 0.25) is 0 Å². The number of aromatic amines is 1. The van der Waals surface area contributed by atoms with Crippen molar-refractivity contribution in [1.82, 2.24) is 15.2 Å². The molecule has 118 valence electrons. The summed E-state index contributed by atoms with van der Waals surface area (Å²) in [5.41, 5.74) is 0.942. The molecule has 0 saturated carbocycles. The Kier molecular flexibility index (Phi) is 4.82. The van der Waals surface area contributed by atoms with E-state index in [1.54, 1.807) is 12.1 Å². The second-order valence-electron chi connectivity index (χ2n) is 4.49. The number of ether oxygens (including phenoxy) is 1. The van der Waals surface area contributed by atoms with E-state index in [9.17, 15) is 4.79 Å². The van der Waals surface area contributed by atoms with Crippen molar-refractivity contribution in [3.8, 4) is 11.4 Å². The smallest absolute Gasteiger partial charge is 0.373 e. The fourth-order valence-corrected chi connectivity index (χ4v) is 3.05. The van der Waals surface area contributed by atoms with Gasteiger partial charge < -0.3 is 9.15 Å². The van der Waals surface area contributed by atoms with Crippen LogP contribution < -0.4 is 0 Å². The molecule has 2 heterocycles. The van der Waals surface area contributed by atoms with Gasteiger partial charge in [-0.05, 0) is 18.2 Å². The summed E-state index contributed by atoms with van der Waals surface area (Å²) in [6.45, 7) is 0. The zero-order chi connectivity index (χ0) is 16.2. The van der Waals surface area contributed by atoms with Crippen LogP contribution >= 0.6 is 27.7 Å². The number of aromatic nitrogens is 3. The van der Waals surface area contributed by atoms with Crippen LogP contribution in [0.4, 0.5) is 0 Å². The van der Waals surface area contributed by atoms with E-state index in [1.165, 1.54) is 18.9 Å². The maximum absolute atomic E-state index is 11.3. The van der Waals surface area contributed by atoms with Crippen LogP contribution in [0.1, 0.15) is 16.3 Å². The molecule has 2 aromatic heterocycles. The number of hydrogen-bond acceptors (Lipinski definition) is 6. The second-order valence-corrected chi connectivity index (χ2v) is 6.29. The van der Waals surface area contributed by atoms with E-state index in [1.807, 2.05) is 24.3 Å². The van der Waals surface area contributed by atoms with Gasteiger partial charge in [0.05, 0.1) is 12.9 Å². The summed E-state index contributed by atoms with van der Waals surface area (Å²) in [5.74, 6) is 1.56. The Morgan fingerprint density at radius 2 is 2.17 bits per heavy atom. The SMILES string of the molecule is COC(=O)c1ccc(CSc2n[nH]c(-c3ccccc3Br)n2)o1. The molecule has 0 radical (unpaired) electrons. The van der Waals surface area contributed by atoms with Crippen molar-refractivity contribution < 1.29 is 13.9 Å². The Balaban J connectivity index is 1.67. The number of carbonyl (C=O) groups is 1. The maximum Gasteiger partial charge on any atom is 0.373 e. The van der Waals surface area contributed by atoms with Gasteiger partial charge in [0.1, 0.15) is 5.76 Å². The Labute approximate surface area is 144 Å². The molecule has 6 nitrogen and oxygen atoms in total. The summed E-state index contributed by atoms with van der Waals surface area (Å²) in [6.07, 6.45) is 0. The first kappa shape index (κ1) is 15.8. The fraction of sp³-hybridized carbons (Fsp3) is 0.133. The molecule has 1 N–H and O–H groups in total. The van der Waals surface area contributed by atoms with Crippen molar-refractivity contribution in [2.75, 3.05) is 7.11 Å². The summed E-state index contributed by atoms with van der Waals surface area (Å²) < 4.78 is 10.9. The van der Waals surface area contributed by atoms with Gasteiger partial charge in [0.15, 0.2) is 5.82 Å². The average molecular weight is 394 g/mol. The molecule has 0 aliphatic heterocycles. The highest BCUT2D eigenvalue weighted by Crippen LogP contribution is 2.27. The molecule has 0 atom stereocenters. The lowest BCUT2D eigenvalue weighted by Gasteiger charge is -1.98. The van der Waals surface area contributed by atoms with Gasteiger partial charge in [0, 0.05) is 10.0 Å². The first-order valence-electron chi connectivity index (χ1n) is 6.64. The molecule has 0 aliphatic carbocycles. The topological polar surface area (TPSA) is 81.0 Å². The largest absolute Gasteiger partial charge is 0.463 e. The highest BCUT2D eigenvalue weighted by atomic mass is 79.9. The number of nitrogens with zero attached hydrogens (tertiary/aromatic N) is 2. The second kappa shape index (κ2) is 7.01. The molecule has 0 aliphatic rings. The quantitative estimate of drug-likeness (QED) is 0.522. The van der Waals surface area contributed by atoms with Gasteiger partial charge in [-0.3, -0.25) is 5.10 Å². The molecule has 1 aromatic carbocycles. The molecule has 0 amide bonds. The predicted octanol–water partition coefficient (Wildman–Crippen LogP) is 3.91. The number of carbonyl (C=O) groups excluding carboxylic acids is 1. The van der Waals surface area contributed by atoms with Crippen LogP contribution in [0, 0.1) is 0 Å². The van der Waals surface area contributed by atoms with Crippen molar-refractivity contribution in [1.29, 1.82) is 0 Å². The first-order valence-corrected chi connectivity index (χ1v) is 8.42. The van der Waals surface area contributed by atoms with Crippen LogP contribution in [-0.2, 0) is 10.5 Å². The number of esters is 1. The van der Waals surface area contributed by atoms with E-state index in [4.69, 9.17) is 4.42 Å². The third-order valence-electron chi connectivity index (χ3n) is 2.99. The van der Waals surface area contributed by atoms with E-state index < -0.39 is 5.97 Å². The number of benzene rings is 1. The van der Waals surface area contributed by atoms with Crippen molar-refractivity contribution >= 4 is 33.7 Å². The van der Waals surface area contributed by atoms with E-state index in [2.05, 4.69) is 35.8 Å². The molecule has 3 rings (SSSR count). The summed E-state index contributed by atoms with van der Waals surface area (Å²) in [4.78, 5) is 15.8. The molecule has 8 heteroatoms. The Morgan fingerprint density at radius 3 is 2.96 bits per heavy atom. The molecule has 3 aromatic rings. The third-order valence-corrected chi connectivity index (χ3v) is 4.55. The van der Waals surface area contributed by atoms with Crippen molar-refractivity contribution in [2.45, 2.75) is 10.9 Å². The third kappa shape index (κ3) is 3.65. The number of nitrogens with one attached hydrogen (secondary N) is 1. The zero-order valence-corrected chi connectivity index (χ0v) is 14.5. The molecular weight excluding hydrogens is 382 g/mol. The first-order chi connectivity index (χ1) is 11.2.